The Hall–Kier alpha value is -2.09. The van der Waals surface area contributed by atoms with Gasteiger partial charge in [0, 0.05) is 38.6 Å². The highest BCUT2D eigenvalue weighted by Gasteiger charge is 2.31. The summed E-state index contributed by atoms with van der Waals surface area (Å²) in [5, 5.41) is 6.58. The van der Waals surface area contributed by atoms with Crippen LogP contribution in [0.25, 0.3) is 0 Å². The van der Waals surface area contributed by atoms with Crippen LogP contribution in [0.5, 0.6) is 0 Å². The first-order valence-electron chi connectivity index (χ1n) is 11.0. The molecule has 0 bridgehead atoms. The minimum absolute atomic E-state index is 0.0914. The van der Waals surface area contributed by atoms with E-state index in [-0.39, 0.29) is 17.7 Å². The maximum atomic E-state index is 12.7. The lowest BCUT2D eigenvalue weighted by molar-refractivity contribution is -0.135. The van der Waals surface area contributed by atoms with Crippen LogP contribution in [-0.2, 0) is 14.6 Å². The number of hydrogen-bond donors (Lipinski definition) is 2. The molecule has 1 atom stereocenters. The molecule has 3 rings (SSSR count). The van der Waals surface area contributed by atoms with Crippen molar-refractivity contribution < 1.29 is 13.2 Å². The summed E-state index contributed by atoms with van der Waals surface area (Å²) in [5.74, 6) is 1.27. The van der Waals surface area contributed by atoms with Gasteiger partial charge in [-0.2, -0.15) is 0 Å². The molecule has 7 nitrogen and oxygen atoms in total. The topological polar surface area (TPSA) is 90.9 Å². The highest BCUT2D eigenvalue weighted by Crippen LogP contribution is 2.26. The van der Waals surface area contributed by atoms with Crippen molar-refractivity contribution in [1.29, 1.82) is 0 Å². The molecule has 1 saturated carbocycles. The van der Waals surface area contributed by atoms with Crippen LogP contribution < -0.4 is 10.6 Å². The van der Waals surface area contributed by atoms with Gasteiger partial charge in [-0.1, -0.05) is 37.5 Å². The third-order valence-electron chi connectivity index (χ3n) is 6.00. The van der Waals surface area contributed by atoms with Crippen LogP contribution in [0.2, 0.25) is 0 Å². The predicted molar refractivity (Wildman–Crippen MR) is 119 cm³/mol. The fourth-order valence-corrected chi connectivity index (χ4v) is 5.62. The molecule has 30 heavy (non-hydrogen) atoms. The lowest BCUT2D eigenvalue weighted by atomic mass is 9.88. The Morgan fingerprint density at radius 1 is 1.13 bits per heavy atom. The largest absolute Gasteiger partial charge is 0.356 e. The second kappa shape index (κ2) is 10.8. The number of aliphatic imine (C=N–C) groups is 1. The van der Waals surface area contributed by atoms with Crippen LogP contribution in [0.15, 0.2) is 40.2 Å². The molecule has 0 aromatic heterocycles. The molecule has 1 aromatic rings. The molecule has 1 saturated heterocycles. The fraction of sp³-hybridized carbons (Fsp3) is 0.636. The maximum Gasteiger partial charge on any atom is 0.225 e. The zero-order chi connectivity index (χ0) is 21.4. The van der Waals surface area contributed by atoms with Gasteiger partial charge in [-0.05, 0) is 37.8 Å². The van der Waals surface area contributed by atoms with Crippen LogP contribution in [0.1, 0.15) is 44.9 Å². The number of likely N-dealkylation sites (tertiary alicyclic amines) is 1. The molecule has 1 aliphatic heterocycles. The van der Waals surface area contributed by atoms with Gasteiger partial charge in [0.15, 0.2) is 15.8 Å². The van der Waals surface area contributed by atoms with E-state index in [2.05, 4.69) is 15.6 Å². The Bertz CT molecular complexity index is 820. The summed E-state index contributed by atoms with van der Waals surface area (Å²) in [5.41, 5.74) is 0. The second-order valence-corrected chi connectivity index (χ2v) is 10.3. The van der Waals surface area contributed by atoms with Crippen molar-refractivity contribution in [3.63, 3.8) is 0 Å². The van der Waals surface area contributed by atoms with Gasteiger partial charge < -0.3 is 15.5 Å². The number of guanidine groups is 1. The fourth-order valence-electron chi connectivity index (χ4n) is 4.29. The van der Waals surface area contributed by atoms with Crippen molar-refractivity contribution in [2.45, 2.75) is 55.9 Å². The summed E-state index contributed by atoms with van der Waals surface area (Å²) in [6.45, 7) is 2.01. The van der Waals surface area contributed by atoms with Crippen LogP contribution in [-0.4, -0.2) is 63.7 Å². The Labute approximate surface area is 180 Å². The van der Waals surface area contributed by atoms with E-state index in [9.17, 15) is 13.2 Å². The Morgan fingerprint density at radius 2 is 1.87 bits per heavy atom. The van der Waals surface area contributed by atoms with Gasteiger partial charge in [0.05, 0.1) is 10.6 Å². The SMILES string of the molecule is CN=C(NCCCS(=O)(=O)c1ccccc1)NC1CCN(C(=O)C2CCCCC2)C1. The van der Waals surface area contributed by atoms with E-state index in [1.54, 1.807) is 31.3 Å². The highest BCUT2D eigenvalue weighted by atomic mass is 32.2. The normalized spacial score (nSPS) is 20.9. The minimum Gasteiger partial charge on any atom is -0.356 e. The first-order valence-corrected chi connectivity index (χ1v) is 12.7. The smallest absolute Gasteiger partial charge is 0.225 e. The van der Waals surface area contributed by atoms with Crippen LogP contribution >= 0.6 is 0 Å². The van der Waals surface area contributed by atoms with Crippen LogP contribution in [0.3, 0.4) is 0 Å². The third-order valence-corrected chi connectivity index (χ3v) is 7.82. The molecular weight excluding hydrogens is 400 g/mol. The quantitative estimate of drug-likeness (QED) is 0.390. The number of carbonyl (C=O) groups excluding carboxylic acids is 1. The van der Waals surface area contributed by atoms with E-state index < -0.39 is 9.84 Å². The number of hydrogen-bond acceptors (Lipinski definition) is 4. The van der Waals surface area contributed by atoms with Crippen molar-refractivity contribution in [2.24, 2.45) is 10.9 Å². The Balaban J connectivity index is 1.39. The van der Waals surface area contributed by atoms with Gasteiger partial charge in [0.25, 0.3) is 0 Å². The van der Waals surface area contributed by atoms with E-state index in [4.69, 9.17) is 0 Å². The predicted octanol–water partition coefficient (Wildman–Crippen LogP) is 2.20. The molecule has 1 heterocycles. The van der Waals surface area contributed by atoms with Crippen molar-refractivity contribution in [2.75, 3.05) is 32.4 Å². The monoisotopic (exact) mass is 434 g/mol. The molecule has 2 N–H and O–H groups in total. The molecule has 2 fully saturated rings. The molecule has 0 spiro atoms. The standard InChI is InChI=1S/C22H34N4O3S/c1-23-22(24-14-8-16-30(28,29)20-11-6-3-7-12-20)25-19-13-15-26(17-19)21(27)18-9-4-2-5-10-18/h3,6-7,11-12,18-19H,2,4-5,8-10,13-17H2,1H3,(H2,23,24,25). The zero-order valence-corrected chi connectivity index (χ0v) is 18.7. The average Bonchev–Trinajstić information content (AvgIpc) is 3.25. The van der Waals surface area contributed by atoms with Crippen molar-refractivity contribution >= 4 is 21.7 Å². The molecule has 2 aliphatic rings. The molecule has 8 heteroatoms. The summed E-state index contributed by atoms with van der Waals surface area (Å²) in [6.07, 6.45) is 7.05. The van der Waals surface area contributed by atoms with E-state index in [0.717, 1.165) is 25.8 Å². The number of benzene rings is 1. The van der Waals surface area contributed by atoms with Crippen molar-refractivity contribution in [3.05, 3.63) is 30.3 Å². The maximum absolute atomic E-state index is 12.7. The summed E-state index contributed by atoms with van der Waals surface area (Å²) in [7, 11) is -1.56. The second-order valence-electron chi connectivity index (χ2n) is 8.23. The zero-order valence-electron chi connectivity index (χ0n) is 17.8. The van der Waals surface area contributed by atoms with Gasteiger partial charge in [-0.3, -0.25) is 9.79 Å². The Morgan fingerprint density at radius 3 is 2.57 bits per heavy atom. The summed E-state index contributed by atoms with van der Waals surface area (Å²) >= 11 is 0. The van der Waals surface area contributed by atoms with Gasteiger partial charge in [0.1, 0.15) is 0 Å². The van der Waals surface area contributed by atoms with Crippen LogP contribution in [0.4, 0.5) is 0 Å². The van der Waals surface area contributed by atoms with E-state index in [1.165, 1.54) is 19.3 Å². The number of nitrogens with one attached hydrogen (secondary N) is 2. The van der Waals surface area contributed by atoms with Crippen molar-refractivity contribution in [3.8, 4) is 0 Å². The highest BCUT2D eigenvalue weighted by molar-refractivity contribution is 7.91. The summed E-state index contributed by atoms with van der Waals surface area (Å²) in [4.78, 5) is 19.3. The first kappa shape index (κ1) is 22.6. The molecule has 0 radical (unpaired) electrons. The number of amides is 1. The molecule has 1 amide bonds. The molecule has 1 aliphatic carbocycles. The number of carbonyl (C=O) groups is 1. The summed E-state index contributed by atoms with van der Waals surface area (Å²) < 4.78 is 24.7. The Kier molecular flexibility index (Phi) is 8.13. The molecule has 1 unspecified atom stereocenters. The lowest BCUT2D eigenvalue weighted by Gasteiger charge is -2.26. The number of nitrogens with zero attached hydrogens (tertiary/aromatic N) is 2. The average molecular weight is 435 g/mol. The summed E-state index contributed by atoms with van der Waals surface area (Å²) in [6, 6.07) is 8.72. The van der Waals surface area contributed by atoms with Crippen LogP contribution in [0, 0.1) is 5.92 Å². The van der Waals surface area contributed by atoms with E-state index in [1.807, 2.05) is 11.0 Å². The van der Waals surface area contributed by atoms with Gasteiger partial charge in [-0.15, -0.1) is 0 Å². The minimum atomic E-state index is -3.26. The van der Waals surface area contributed by atoms with Gasteiger partial charge in [0.2, 0.25) is 5.91 Å². The van der Waals surface area contributed by atoms with Gasteiger partial charge >= 0.3 is 0 Å². The van der Waals surface area contributed by atoms with E-state index >= 15 is 0 Å². The first-order chi connectivity index (χ1) is 14.5. The number of sulfone groups is 1. The molecular formula is C22H34N4O3S. The third kappa shape index (κ3) is 6.20. The van der Waals surface area contributed by atoms with E-state index in [0.29, 0.717) is 36.3 Å². The number of rotatable bonds is 7. The van der Waals surface area contributed by atoms with Gasteiger partial charge in [-0.25, -0.2) is 8.42 Å². The molecule has 1 aromatic carbocycles. The lowest BCUT2D eigenvalue weighted by Crippen LogP contribution is -2.46. The van der Waals surface area contributed by atoms with Crippen molar-refractivity contribution in [1.82, 2.24) is 15.5 Å². The molecule has 166 valence electrons.